The Morgan fingerprint density at radius 2 is 2.14 bits per heavy atom. The van der Waals surface area contributed by atoms with Crippen LogP contribution < -0.4 is 5.32 Å². The number of benzene rings is 1. The summed E-state index contributed by atoms with van der Waals surface area (Å²) in [5.41, 5.74) is 0.970. The molecule has 1 aromatic carbocycles. The molecule has 0 fully saturated rings. The minimum absolute atomic E-state index is 0.220. The first kappa shape index (κ1) is 11.8. The predicted octanol–water partition coefficient (Wildman–Crippen LogP) is 3.64. The first-order valence-electron chi connectivity index (χ1n) is 3.97. The van der Waals surface area contributed by atoms with Crippen LogP contribution in [0.1, 0.15) is 5.56 Å². The van der Waals surface area contributed by atoms with Crippen LogP contribution >= 0.6 is 39.1 Å². The SMILES string of the molecule is O=C(Br)NCCc1ccc(Cl)cc1Cl. The van der Waals surface area contributed by atoms with Gasteiger partial charge in [-0.15, -0.1) is 0 Å². The van der Waals surface area contributed by atoms with Gasteiger partial charge >= 0.3 is 0 Å². The van der Waals surface area contributed by atoms with Crippen molar-refractivity contribution in [3.63, 3.8) is 0 Å². The first-order valence-corrected chi connectivity index (χ1v) is 5.52. The van der Waals surface area contributed by atoms with Crippen LogP contribution in [0.15, 0.2) is 18.2 Å². The Hall–Kier alpha value is -0.250. The molecule has 0 aliphatic rings. The molecule has 0 heterocycles. The highest BCUT2D eigenvalue weighted by Crippen LogP contribution is 2.20. The molecule has 0 atom stereocenters. The minimum Gasteiger partial charge on any atom is -0.346 e. The Balaban J connectivity index is 2.55. The predicted molar refractivity (Wildman–Crippen MR) is 62.5 cm³/mol. The summed E-state index contributed by atoms with van der Waals surface area (Å²) in [5, 5.41) is 3.86. The Kier molecular flexibility index (Phi) is 4.72. The number of amides is 1. The molecule has 1 amide bonds. The Bertz CT molecular complexity index is 344. The lowest BCUT2D eigenvalue weighted by Gasteiger charge is -2.04. The standard InChI is InChI=1S/C9H8BrCl2NO/c10-9(14)13-4-3-6-1-2-7(11)5-8(6)12/h1-2,5H,3-4H2,(H,13,14). The third kappa shape index (κ3) is 3.86. The van der Waals surface area contributed by atoms with Crippen LogP contribution in [0, 0.1) is 0 Å². The van der Waals surface area contributed by atoms with Gasteiger partial charge in [-0.3, -0.25) is 4.79 Å². The molecule has 76 valence electrons. The second kappa shape index (κ2) is 5.59. The molecular weight excluding hydrogens is 289 g/mol. The summed E-state index contributed by atoms with van der Waals surface area (Å²) in [6.45, 7) is 0.547. The summed E-state index contributed by atoms with van der Waals surface area (Å²) in [6, 6.07) is 5.32. The minimum atomic E-state index is -0.220. The maximum Gasteiger partial charge on any atom is 0.287 e. The van der Waals surface area contributed by atoms with E-state index in [1.807, 2.05) is 6.07 Å². The number of rotatable bonds is 3. The highest BCUT2D eigenvalue weighted by molar-refractivity contribution is 9.18. The molecule has 0 saturated carbocycles. The molecule has 1 aromatic rings. The molecule has 1 rings (SSSR count). The van der Waals surface area contributed by atoms with Crippen molar-refractivity contribution in [2.45, 2.75) is 6.42 Å². The molecule has 0 radical (unpaired) electrons. The van der Waals surface area contributed by atoms with Gasteiger partial charge in [-0.05, 0) is 24.1 Å². The van der Waals surface area contributed by atoms with Crippen molar-refractivity contribution in [3.05, 3.63) is 33.8 Å². The normalized spacial score (nSPS) is 9.93. The second-order valence-electron chi connectivity index (χ2n) is 2.69. The van der Waals surface area contributed by atoms with E-state index < -0.39 is 0 Å². The third-order valence-corrected chi connectivity index (χ3v) is 2.54. The van der Waals surface area contributed by atoms with E-state index >= 15 is 0 Å². The van der Waals surface area contributed by atoms with Crippen LogP contribution in [0.5, 0.6) is 0 Å². The zero-order valence-corrected chi connectivity index (χ0v) is 10.3. The largest absolute Gasteiger partial charge is 0.346 e. The van der Waals surface area contributed by atoms with E-state index in [9.17, 15) is 4.79 Å². The van der Waals surface area contributed by atoms with Crippen molar-refractivity contribution < 1.29 is 4.79 Å². The average molecular weight is 297 g/mol. The number of hydrogen-bond donors (Lipinski definition) is 1. The van der Waals surface area contributed by atoms with Crippen molar-refractivity contribution in [1.29, 1.82) is 0 Å². The smallest absolute Gasteiger partial charge is 0.287 e. The van der Waals surface area contributed by atoms with Gasteiger partial charge in [0.15, 0.2) is 0 Å². The van der Waals surface area contributed by atoms with Gasteiger partial charge in [0.05, 0.1) is 0 Å². The molecule has 2 nitrogen and oxygen atoms in total. The quantitative estimate of drug-likeness (QED) is 0.670. The van der Waals surface area contributed by atoms with E-state index in [2.05, 4.69) is 21.2 Å². The van der Waals surface area contributed by atoms with Crippen LogP contribution in [-0.2, 0) is 6.42 Å². The van der Waals surface area contributed by atoms with Gasteiger partial charge in [0.1, 0.15) is 0 Å². The number of hydrogen-bond acceptors (Lipinski definition) is 1. The molecule has 0 aliphatic heterocycles. The Morgan fingerprint density at radius 3 is 2.71 bits per heavy atom. The summed E-state index contributed by atoms with van der Waals surface area (Å²) in [7, 11) is 0. The lowest BCUT2D eigenvalue weighted by atomic mass is 10.1. The van der Waals surface area contributed by atoms with Crippen LogP contribution in [0.3, 0.4) is 0 Å². The number of carbonyl (C=O) groups excluding carboxylic acids is 1. The topological polar surface area (TPSA) is 29.1 Å². The number of nitrogens with one attached hydrogen (secondary N) is 1. The van der Waals surface area contributed by atoms with Gasteiger partial charge in [-0.2, -0.15) is 0 Å². The van der Waals surface area contributed by atoms with Crippen molar-refractivity contribution >= 4 is 43.9 Å². The van der Waals surface area contributed by atoms with Crippen LogP contribution in [0.2, 0.25) is 10.0 Å². The van der Waals surface area contributed by atoms with Gasteiger partial charge < -0.3 is 5.32 Å². The molecule has 1 N–H and O–H groups in total. The van der Waals surface area contributed by atoms with Gasteiger partial charge in [-0.25, -0.2) is 0 Å². The van der Waals surface area contributed by atoms with Gasteiger partial charge in [-0.1, -0.05) is 29.3 Å². The van der Waals surface area contributed by atoms with Crippen molar-refractivity contribution in [1.82, 2.24) is 5.32 Å². The second-order valence-corrected chi connectivity index (χ2v) is 4.25. The molecule has 0 aliphatic carbocycles. The summed E-state index contributed by atoms with van der Waals surface area (Å²) in [5.74, 6) is 0. The van der Waals surface area contributed by atoms with Crippen LogP contribution in [0.25, 0.3) is 0 Å². The molecule has 14 heavy (non-hydrogen) atoms. The average Bonchev–Trinajstić information content (AvgIpc) is 2.08. The maximum absolute atomic E-state index is 10.5. The summed E-state index contributed by atoms with van der Waals surface area (Å²) in [4.78, 5) is 10.3. The van der Waals surface area contributed by atoms with Crippen molar-refractivity contribution in [2.75, 3.05) is 6.54 Å². The van der Waals surface area contributed by atoms with E-state index in [4.69, 9.17) is 23.2 Å². The van der Waals surface area contributed by atoms with Crippen molar-refractivity contribution in [3.8, 4) is 0 Å². The zero-order valence-electron chi connectivity index (χ0n) is 7.19. The lowest BCUT2D eigenvalue weighted by Crippen LogP contribution is -2.19. The molecule has 0 spiro atoms. The summed E-state index contributed by atoms with van der Waals surface area (Å²) in [6.07, 6.45) is 0.688. The van der Waals surface area contributed by atoms with E-state index in [0.29, 0.717) is 23.0 Å². The fourth-order valence-corrected chi connectivity index (χ4v) is 1.72. The van der Waals surface area contributed by atoms with E-state index in [1.165, 1.54) is 0 Å². The molecular formula is C9H8BrCl2NO. The first-order chi connectivity index (χ1) is 6.59. The highest BCUT2D eigenvalue weighted by Gasteiger charge is 2.01. The van der Waals surface area contributed by atoms with Gasteiger partial charge in [0, 0.05) is 32.5 Å². The number of halogens is 3. The van der Waals surface area contributed by atoms with E-state index in [1.54, 1.807) is 12.1 Å². The van der Waals surface area contributed by atoms with Crippen LogP contribution in [0.4, 0.5) is 4.79 Å². The van der Waals surface area contributed by atoms with Crippen molar-refractivity contribution in [2.24, 2.45) is 0 Å². The summed E-state index contributed by atoms with van der Waals surface area (Å²) >= 11 is 14.4. The fraction of sp³-hybridized carbons (Fsp3) is 0.222. The van der Waals surface area contributed by atoms with E-state index in [0.717, 1.165) is 5.56 Å². The highest BCUT2D eigenvalue weighted by atomic mass is 79.9. The summed E-state index contributed by atoms with van der Waals surface area (Å²) < 4.78 is 0. The van der Waals surface area contributed by atoms with Crippen LogP contribution in [-0.4, -0.2) is 11.4 Å². The van der Waals surface area contributed by atoms with E-state index in [-0.39, 0.29) is 4.82 Å². The molecule has 0 bridgehead atoms. The zero-order chi connectivity index (χ0) is 10.6. The van der Waals surface area contributed by atoms with Gasteiger partial charge in [0.2, 0.25) is 0 Å². The fourth-order valence-electron chi connectivity index (χ4n) is 1.02. The number of carbonyl (C=O) groups is 1. The lowest BCUT2D eigenvalue weighted by molar-refractivity contribution is 0.262. The Labute approximate surface area is 101 Å². The monoisotopic (exact) mass is 295 g/mol. The Morgan fingerprint density at radius 1 is 1.43 bits per heavy atom. The molecule has 0 saturated heterocycles. The van der Waals surface area contributed by atoms with Gasteiger partial charge in [0.25, 0.3) is 4.82 Å². The maximum atomic E-state index is 10.5. The third-order valence-electron chi connectivity index (χ3n) is 1.67. The molecule has 0 aromatic heterocycles. The molecule has 5 heteroatoms. The molecule has 0 unspecified atom stereocenters.